The van der Waals surface area contributed by atoms with Crippen LogP contribution in [0.1, 0.15) is 36.2 Å². The molecule has 1 aromatic carbocycles. The Morgan fingerprint density at radius 2 is 1.97 bits per heavy atom. The van der Waals surface area contributed by atoms with E-state index in [2.05, 4.69) is 20.9 Å². The van der Waals surface area contributed by atoms with E-state index in [0.717, 1.165) is 22.5 Å². The molecule has 11 nitrogen and oxygen atoms in total. The van der Waals surface area contributed by atoms with Crippen LogP contribution in [-0.4, -0.2) is 92.9 Å². The number of amides is 2. The molecule has 4 unspecified atom stereocenters. The molecule has 1 aromatic heterocycles. The Morgan fingerprint density at radius 3 is 2.61 bits per heavy atom. The molecule has 1 saturated heterocycles. The van der Waals surface area contributed by atoms with Crippen molar-refractivity contribution in [1.29, 1.82) is 0 Å². The summed E-state index contributed by atoms with van der Waals surface area (Å²) in [5, 5.41) is 20.4. The maximum absolute atomic E-state index is 13.5. The van der Waals surface area contributed by atoms with Crippen molar-refractivity contribution >= 4 is 33.5 Å². The fourth-order valence-electron chi connectivity index (χ4n) is 4.11. The minimum atomic E-state index is -3.63. The van der Waals surface area contributed by atoms with Crippen LogP contribution in [0.3, 0.4) is 0 Å². The highest BCUT2D eigenvalue weighted by atomic mass is 32.2. The van der Waals surface area contributed by atoms with E-state index < -0.39 is 34.1 Å². The average Bonchev–Trinajstić information content (AvgIpc) is 2.88. The number of hydrogen-bond acceptors (Lipinski definition) is 8. The lowest BCUT2D eigenvalue weighted by Crippen LogP contribution is -2.63. The number of hydrogen-bond donors (Lipinski definition) is 4. The number of aromatic nitrogens is 1. The minimum Gasteiger partial charge on any atom is -0.389 e. The summed E-state index contributed by atoms with van der Waals surface area (Å²) in [6.45, 7) is 4.99. The van der Waals surface area contributed by atoms with Crippen LogP contribution >= 0.6 is 0 Å². The fourth-order valence-corrected chi connectivity index (χ4v) is 4.54. The van der Waals surface area contributed by atoms with E-state index in [0.29, 0.717) is 18.9 Å². The van der Waals surface area contributed by atoms with Gasteiger partial charge >= 0.3 is 0 Å². The molecule has 2 aromatic rings. The number of nitrogens with zero attached hydrogens (tertiary/aromatic N) is 3. The van der Waals surface area contributed by atoms with E-state index in [1.165, 1.54) is 13.1 Å². The van der Waals surface area contributed by atoms with E-state index in [1.54, 1.807) is 18.0 Å². The highest BCUT2D eigenvalue weighted by Crippen LogP contribution is 2.21. The second-order valence-electron chi connectivity index (χ2n) is 9.74. The number of carbonyl (C=O) groups excluding carboxylic acids is 2. The summed E-state index contributed by atoms with van der Waals surface area (Å²) < 4.78 is 25.4. The van der Waals surface area contributed by atoms with Crippen molar-refractivity contribution < 1.29 is 23.1 Å². The molecule has 0 spiro atoms. The van der Waals surface area contributed by atoms with Gasteiger partial charge in [0.05, 0.1) is 18.4 Å². The molecule has 1 fully saturated rings. The van der Waals surface area contributed by atoms with Gasteiger partial charge in [-0.25, -0.2) is 13.4 Å². The average molecular weight is 547 g/mol. The number of pyridine rings is 1. The summed E-state index contributed by atoms with van der Waals surface area (Å²) in [4.78, 5) is 32.3. The summed E-state index contributed by atoms with van der Waals surface area (Å²) in [6.07, 6.45) is 0.910. The highest BCUT2D eigenvalue weighted by molar-refractivity contribution is 7.92. The van der Waals surface area contributed by atoms with E-state index >= 15 is 0 Å². The van der Waals surface area contributed by atoms with Gasteiger partial charge in [-0.15, -0.1) is 0 Å². The van der Waals surface area contributed by atoms with Crippen LogP contribution in [0.4, 0.5) is 11.6 Å². The first-order valence-corrected chi connectivity index (χ1v) is 14.5. The van der Waals surface area contributed by atoms with Crippen LogP contribution in [0.2, 0.25) is 0 Å². The Labute approximate surface area is 224 Å². The van der Waals surface area contributed by atoms with Gasteiger partial charge in [0, 0.05) is 38.8 Å². The lowest BCUT2D eigenvalue weighted by Gasteiger charge is -2.36. The molecule has 2 heterocycles. The van der Waals surface area contributed by atoms with Crippen molar-refractivity contribution in [3.8, 4) is 0 Å². The molecule has 0 bridgehead atoms. The molecular formula is C26H38N6O5S. The zero-order chi connectivity index (χ0) is 28.0. The number of aliphatic hydroxyl groups excluding tert-OH is 1. The smallest absolute Gasteiger partial charge is 0.251 e. The molecule has 0 radical (unpaired) electrons. The predicted octanol–water partition coefficient (Wildman–Crippen LogP) is 0.820. The van der Waals surface area contributed by atoms with Crippen molar-refractivity contribution in [1.82, 2.24) is 20.5 Å². The van der Waals surface area contributed by atoms with Crippen molar-refractivity contribution in [3.63, 3.8) is 0 Å². The van der Waals surface area contributed by atoms with Gasteiger partial charge in [-0.3, -0.25) is 13.9 Å². The van der Waals surface area contributed by atoms with Gasteiger partial charge in [-0.2, -0.15) is 0 Å². The number of sulfonamides is 1. The molecule has 4 atom stereocenters. The van der Waals surface area contributed by atoms with E-state index in [-0.39, 0.29) is 29.8 Å². The van der Waals surface area contributed by atoms with Gasteiger partial charge in [-0.05, 0) is 37.5 Å². The number of rotatable bonds is 11. The largest absolute Gasteiger partial charge is 0.389 e. The topological polar surface area (TPSA) is 144 Å². The molecule has 1 aliphatic rings. The monoisotopic (exact) mass is 546 g/mol. The Hall–Kier alpha value is -3.22. The molecule has 208 valence electrons. The Bertz CT molecular complexity index is 1230. The van der Waals surface area contributed by atoms with Gasteiger partial charge in [0.25, 0.3) is 5.91 Å². The maximum Gasteiger partial charge on any atom is 0.251 e. The Morgan fingerprint density at radius 1 is 1.29 bits per heavy atom. The van der Waals surface area contributed by atoms with Gasteiger partial charge in [0.2, 0.25) is 15.9 Å². The first kappa shape index (κ1) is 29.3. The molecule has 38 heavy (non-hydrogen) atoms. The van der Waals surface area contributed by atoms with E-state index in [9.17, 15) is 23.1 Å². The number of nitrogens with one attached hydrogen (secondary N) is 3. The van der Waals surface area contributed by atoms with Crippen molar-refractivity contribution in [2.45, 2.75) is 50.9 Å². The summed E-state index contributed by atoms with van der Waals surface area (Å²) in [6, 6.07) is 10.6. The second kappa shape index (κ2) is 12.5. The lowest BCUT2D eigenvalue weighted by atomic mass is 9.94. The molecule has 0 saturated carbocycles. The van der Waals surface area contributed by atoms with Crippen LogP contribution in [0.5, 0.6) is 0 Å². The number of piperazine rings is 1. The summed E-state index contributed by atoms with van der Waals surface area (Å²) in [5.74, 6) is -0.350. The van der Waals surface area contributed by atoms with Gasteiger partial charge < -0.3 is 26.0 Å². The molecule has 2 amide bonds. The first-order chi connectivity index (χ1) is 17.9. The molecular weight excluding hydrogens is 508 g/mol. The molecule has 3 rings (SSSR count). The molecule has 0 aliphatic carbocycles. The number of aliphatic hydroxyl groups is 1. The summed E-state index contributed by atoms with van der Waals surface area (Å²) >= 11 is 0. The zero-order valence-corrected chi connectivity index (χ0v) is 23.3. The molecule has 1 aliphatic heterocycles. The standard InChI is InChI=1S/C26H38N6O5S/c1-6-17(2)28-21-15-19(16-22(30-21)32(4)38(5,36)37)25(34)29-20(14-18-10-8-7-9-11-18)24(33)23-26(35)31(3)13-12-27-23/h7-11,15-17,20,23-24,27,33H,6,12-14H2,1-5H3,(H,28,30)(H,29,34). The molecule has 12 heteroatoms. The van der Waals surface area contributed by atoms with Gasteiger partial charge in [0.1, 0.15) is 17.7 Å². The zero-order valence-electron chi connectivity index (χ0n) is 22.5. The predicted molar refractivity (Wildman–Crippen MR) is 148 cm³/mol. The van der Waals surface area contributed by atoms with Crippen LogP contribution in [0, 0.1) is 0 Å². The quantitative estimate of drug-likeness (QED) is 0.324. The van der Waals surface area contributed by atoms with Crippen molar-refractivity contribution in [2.75, 3.05) is 43.1 Å². The third kappa shape index (κ3) is 7.42. The number of benzene rings is 1. The van der Waals surface area contributed by atoms with Crippen LogP contribution in [0.25, 0.3) is 0 Å². The normalized spacial score (nSPS) is 18.4. The van der Waals surface area contributed by atoms with E-state index in [4.69, 9.17) is 0 Å². The van der Waals surface area contributed by atoms with Crippen molar-refractivity contribution in [2.24, 2.45) is 0 Å². The Kier molecular flexibility index (Phi) is 9.69. The van der Waals surface area contributed by atoms with Gasteiger partial charge in [-0.1, -0.05) is 37.3 Å². The van der Waals surface area contributed by atoms with Crippen LogP contribution in [-0.2, 0) is 21.2 Å². The van der Waals surface area contributed by atoms with Crippen LogP contribution in [0.15, 0.2) is 42.5 Å². The SMILES string of the molecule is CCC(C)Nc1cc(C(=O)NC(Cc2ccccc2)C(O)C2NCCN(C)C2=O)cc(N(C)S(C)(=O)=O)n1. The second-order valence-corrected chi connectivity index (χ2v) is 11.7. The van der Waals surface area contributed by atoms with Crippen molar-refractivity contribution in [3.05, 3.63) is 53.6 Å². The third-order valence-electron chi connectivity index (χ3n) is 6.72. The van der Waals surface area contributed by atoms with E-state index in [1.807, 2.05) is 44.2 Å². The maximum atomic E-state index is 13.5. The third-order valence-corrected chi connectivity index (χ3v) is 7.91. The minimum absolute atomic E-state index is 0.0326. The first-order valence-electron chi connectivity index (χ1n) is 12.6. The van der Waals surface area contributed by atoms with Gasteiger partial charge in [0.15, 0.2) is 0 Å². The number of anilines is 2. The Balaban J connectivity index is 1.95. The number of carbonyl (C=O) groups is 2. The summed E-state index contributed by atoms with van der Waals surface area (Å²) in [7, 11) is -0.588. The van der Waals surface area contributed by atoms with Crippen LogP contribution < -0.4 is 20.3 Å². The fraction of sp³-hybridized carbons (Fsp3) is 0.500. The lowest BCUT2D eigenvalue weighted by molar-refractivity contribution is -0.138. The molecule has 4 N–H and O–H groups in total. The highest BCUT2D eigenvalue weighted by Gasteiger charge is 2.37. The number of likely N-dealkylation sites (N-methyl/N-ethyl adjacent to an activating group) is 1. The summed E-state index contributed by atoms with van der Waals surface area (Å²) in [5.41, 5.74) is 1.04.